The Hall–Kier alpha value is -2.05. The first-order valence-corrected chi connectivity index (χ1v) is 12.2. The molecule has 2 aromatic carbocycles. The SMILES string of the molecule is CSc1nc2ccc(NC(=S)NC(=O)c3ccc(S(=O)(=O)N(C)C)cc3)cc2s1. The van der Waals surface area contributed by atoms with Gasteiger partial charge in [0.15, 0.2) is 9.45 Å². The number of aromatic nitrogens is 1. The Balaban J connectivity index is 1.67. The fourth-order valence-electron chi connectivity index (χ4n) is 2.40. The Kier molecular flexibility index (Phi) is 6.54. The van der Waals surface area contributed by atoms with E-state index in [-0.39, 0.29) is 10.0 Å². The van der Waals surface area contributed by atoms with E-state index >= 15 is 0 Å². The molecule has 3 aromatic rings. The highest BCUT2D eigenvalue weighted by atomic mass is 32.2. The highest BCUT2D eigenvalue weighted by Gasteiger charge is 2.17. The van der Waals surface area contributed by atoms with Crippen LogP contribution in [0.4, 0.5) is 5.69 Å². The number of thiocarbonyl (C=S) groups is 1. The number of sulfonamides is 1. The first kappa shape index (κ1) is 21.7. The van der Waals surface area contributed by atoms with E-state index in [1.807, 2.05) is 24.5 Å². The average molecular weight is 467 g/mol. The lowest BCUT2D eigenvalue weighted by Crippen LogP contribution is -2.34. The highest BCUT2D eigenvalue weighted by molar-refractivity contribution is 8.00. The Bertz CT molecular complexity index is 1170. The lowest BCUT2D eigenvalue weighted by atomic mass is 10.2. The van der Waals surface area contributed by atoms with Gasteiger partial charge in [-0.25, -0.2) is 17.7 Å². The fourth-order valence-corrected chi connectivity index (χ4v) is 5.04. The van der Waals surface area contributed by atoms with Gasteiger partial charge in [0.05, 0.1) is 15.1 Å². The number of carbonyl (C=O) groups excluding carboxylic acids is 1. The maximum Gasteiger partial charge on any atom is 0.257 e. The average Bonchev–Trinajstić information content (AvgIpc) is 3.10. The molecule has 0 bridgehead atoms. The Morgan fingerprint density at radius 3 is 2.48 bits per heavy atom. The molecular weight excluding hydrogens is 448 g/mol. The standard InChI is InChI=1S/C18H18N4O3S4/c1-22(2)29(24,25)13-7-4-11(5-8-13)16(23)21-17(26)19-12-6-9-14-15(10-12)28-18(20-14)27-3/h4-10H,1-3H3,(H2,19,21,23,26). The molecule has 152 valence electrons. The number of hydrogen-bond donors (Lipinski definition) is 2. The first-order chi connectivity index (χ1) is 13.7. The van der Waals surface area contributed by atoms with Gasteiger partial charge >= 0.3 is 0 Å². The van der Waals surface area contributed by atoms with Gasteiger partial charge in [-0.05, 0) is 60.9 Å². The summed E-state index contributed by atoms with van der Waals surface area (Å²) in [6.45, 7) is 0. The van der Waals surface area contributed by atoms with Gasteiger partial charge in [0.1, 0.15) is 0 Å². The highest BCUT2D eigenvalue weighted by Crippen LogP contribution is 2.29. The summed E-state index contributed by atoms with van der Waals surface area (Å²) in [5, 5.41) is 5.72. The van der Waals surface area contributed by atoms with Crippen molar-refractivity contribution >= 4 is 72.3 Å². The number of amides is 1. The fraction of sp³-hybridized carbons (Fsp3) is 0.167. The van der Waals surface area contributed by atoms with Crippen LogP contribution in [0.1, 0.15) is 10.4 Å². The molecule has 0 saturated carbocycles. The lowest BCUT2D eigenvalue weighted by Gasteiger charge is -2.12. The number of rotatable bonds is 5. The quantitative estimate of drug-likeness (QED) is 0.440. The summed E-state index contributed by atoms with van der Waals surface area (Å²) in [5.41, 5.74) is 1.95. The summed E-state index contributed by atoms with van der Waals surface area (Å²) in [6.07, 6.45) is 1.98. The zero-order valence-corrected chi connectivity index (χ0v) is 19.1. The number of carbonyl (C=O) groups is 1. The molecule has 11 heteroatoms. The second kappa shape index (κ2) is 8.76. The number of hydrogen-bond acceptors (Lipinski definition) is 7. The predicted molar refractivity (Wildman–Crippen MR) is 122 cm³/mol. The van der Waals surface area contributed by atoms with Crippen molar-refractivity contribution in [2.24, 2.45) is 0 Å². The number of nitrogens with one attached hydrogen (secondary N) is 2. The van der Waals surface area contributed by atoms with Gasteiger partial charge in [0.25, 0.3) is 5.91 Å². The summed E-state index contributed by atoms with van der Waals surface area (Å²) in [6, 6.07) is 11.3. The molecule has 0 unspecified atom stereocenters. The largest absolute Gasteiger partial charge is 0.332 e. The van der Waals surface area contributed by atoms with Gasteiger partial charge in [-0.1, -0.05) is 11.8 Å². The summed E-state index contributed by atoms with van der Waals surface area (Å²) in [7, 11) is -0.644. The molecule has 0 aliphatic heterocycles. The monoisotopic (exact) mass is 466 g/mol. The van der Waals surface area contributed by atoms with Gasteiger partial charge in [-0.2, -0.15) is 0 Å². The van der Waals surface area contributed by atoms with Crippen molar-refractivity contribution in [3.8, 4) is 0 Å². The van der Waals surface area contributed by atoms with E-state index in [1.54, 1.807) is 23.1 Å². The molecule has 0 aliphatic carbocycles. The van der Waals surface area contributed by atoms with Crippen LogP contribution in [0.2, 0.25) is 0 Å². The molecule has 0 saturated heterocycles. The van der Waals surface area contributed by atoms with Crippen LogP contribution in [0.5, 0.6) is 0 Å². The van der Waals surface area contributed by atoms with E-state index in [0.29, 0.717) is 5.56 Å². The molecule has 0 spiro atoms. The minimum absolute atomic E-state index is 0.113. The topological polar surface area (TPSA) is 91.4 Å². The van der Waals surface area contributed by atoms with Crippen molar-refractivity contribution in [1.29, 1.82) is 0 Å². The van der Waals surface area contributed by atoms with Crippen molar-refractivity contribution in [2.45, 2.75) is 9.24 Å². The number of nitrogens with zero attached hydrogens (tertiary/aromatic N) is 2. The first-order valence-electron chi connectivity index (χ1n) is 8.30. The van der Waals surface area contributed by atoms with Crippen LogP contribution < -0.4 is 10.6 Å². The summed E-state index contributed by atoms with van der Waals surface area (Å²) in [4.78, 5) is 17.0. The zero-order chi connectivity index (χ0) is 21.2. The number of anilines is 1. The zero-order valence-electron chi connectivity index (χ0n) is 15.8. The molecule has 1 amide bonds. The second-order valence-electron chi connectivity index (χ2n) is 6.09. The Labute approximate surface area is 182 Å². The number of thiazole rings is 1. The van der Waals surface area contributed by atoms with Crippen LogP contribution in [-0.2, 0) is 10.0 Å². The molecule has 0 fully saturated rings. The van der Waals surface area contributed by atoms with Crippen molar-refractivity contribution in [3.05, 3.63) is 48.0 Å². The van der Waals surface area contributed by atoms with Crippen LogP contribution in [0.3, 0.4) is 0 Å². The molecule has 0 radical (unpaired) electrons. The number of thioether (sulfide) groups is 1. The number of fused-ring (bicyclic) bond motifs is 1. The molecule has 0 atom stereocenters. The van der Waals surface area contributed by atoms with Gasteiger partial charge in [-0.15, -0.1) is 11.3 Å². The van der Waals surface area contributed by atoms with E-state index in [1.165, 1.54) is 38.4 Å². The van der Waals surface area contributed by atoms with Crippen LogP contribution in [0.25, 0.3) is 10.2 Å². The predicted octanol–water partition coefficient (Wildman–Crippen LogP) is 3.40. The molecule has 2 N–H and O–H groups in total. The van der Waals surface area contributed by atoms with Crippen molar-refractivity contribution < 1.29 is 13.2 Å². The smallest absolute Gasteiger partial charge is 0.257 e. The molecular formula is C18H18N4O3S4. The second-order valence-corrected chi connectivity index (χ2v) is 10.7. The molecule has 0 aliphatic rings. The third-order valence-electron chi connectivity index (χ3n) is 3.92. The minimum atomic E-state index is -3.54. The normalized spacial score (nSPS) is 11.6. The van der Waals surface area contributed by atoms with Gasteiger partial charge < -0.3 is 5.32 Å². The maximum absolute atomic E-state index is 12.4. The summed E-state index contributed by atoms with van der Waals surface area (Å²) >= 11 is 8.39. The van der Waals surface area contributed by atoms with Crippen molar-refractivity contribution in [2.75, 3.05) is 25.7 Å². The van der Waals surface area contributed by atoms with Crippen LogP contribution >= 0.6 is 35.3 Å². The van der Waals surface area contributed by atoms with Crippen molar-refractivity contribution in [1.82, 2.24) is 14.6 Å². The maximum atomic E-state index is 12.4. The van der Waals surface area contributed by atoms with Crippen LogP contribution in [-0.4, -0.2) is 49.1 Å². The van der Waals surface area contributed by atoms with Gasteiger partial charge in [0, 0.05) is 25.3 Å². The molecule has 3 rings (SSSR count). The Morgan fingerprint density at radius 2 is 1.86 bits per heavy atom. The minimum Gasteiger partial charge on any atom is -0.332 e. The Morgan fingerprint density at radius 1 is 1.17 bits per heavy atom. The molecule has 1 heterocycles. The molecule has 1 aromatic heterocycles. The van der Waals surface area contributed by atoms with Crippen LogP contribution in [0, 0.1) is 0 Å². The van der Waals surface area contributed by atoms with Gasteiger partial charge in [0.2, 0.25) is 10.0 Å². The summed E-state index contributed by atoms with van der Waals surface area (Å²) in [5.74, 6) is -0.431. The van der Waals surface area contributed by atoms with E-state index < -0.39 is 15.9 Å². The molecule has 7 nitrogen and oxygen atoms in total. The van der Waals surface area contributed by atoms with E-state index in [2.05, 4.69) is 15.6 Å². The van der Waals surface area contributed by atoms with E-state index in [0.717, 1.165) is 24.5 Å². The third kappa shape index (κ3) is 4.93. The molecule has 29 heavy (non-hydrogen) atoms. The van der Waals surface area contributed by atoms with Crippen molar-refractivity contribution in [3.63, 3.8) is 0 Å². The lowest BCUT2D eigenvalue weighted by molar-refractivity contribution is 0.0977. The van der Waals surface area contributed by atoms with E-state index in [4.69, 9.17) is 12.2 Å². The van der Waals surface area contributed by atoms with E-state index in [9.17, 15) is 13.2 Å². The summed E-state index contributed by atoms with van der Waals surface area (Å²) < 4.78 is 27.3. The van der Waals surface area contributed by atoms with Gasteiger partial charge in [-0.3, -0.25) is 10.1 Å². The number of benzene rings is 2. The third-order valence-corrected chi connectivity index (χ3v) is 7.96. The van der Waals surface area contributed by atoms with Crippen LogP contribution in [0.15, 0.2) is 51.7 Å².